The first-order valence-electron chi connectivity index (χ1n) is 17.1. The molecule has 7 heteroatoms. The molecule has 51 heavy (non-hydrogen) atoms. The molecule has 2 aliphatic rings. The molecule has 0 radical (unpaired) electrons. The second-order valence-electron chi connectivity index (χ2n) is 13.1. The molecule has 256 valence electrons. The van der Waals surface area contributed by atoms with Crippen molar-refractivity contribution in [1.82, 2.24) is 9.80 Å². The summed E-state index contributed by atoms with van der Waals surface area (Å²) in [5.74, 6) is -1.34. The van der Waals surface area contributed by atoms with Crippen LogP contribution in [-0.2, 0) is 19.7 Å². The molecule has 0 aliphatic carbocycles. The molecule has 3 atom stereocenters. The highest BCUT2D eigenvalue weighted by Gasteiger charge is 2.64. The molecular weight excluding hydrogens is 651 g/mol. The van der Waals surface area contributed by atoms with E-state index in [2.05, 4.69) is 36.4 Å². The Morgan fingerprint density at radius 3 is 1.57 bits per heavy atom. The molecule has 5 aromatic rings. The first-order valence-corrected chi connectivity index (χ1v) is 18.1. The maximum absolute atomic E-state index is 15.2. The van der Waals surface area contributed by atoms with Crippen LogP contribution in [0.25, 0.3) is 0 Å². The highest BCUT2D eigenvalue weighted by molar-refractivity contribution is 8.00. The normalized spacial score (nSPS) is 19.0. The van der Waals surface area contributed by atoms with Gasteiger partial charge in [0.05, 0.1) is 22.1 Å². The van der Waals surface area contributed by atoms with E-state index < -0.39 is 34.2 Å². The van der Waals surface area contributed by atoms with Crippen molar-refractivity contribution >= 4 is 23.6 Å². The van der Waals surface area contributed by atoms with Crippen LogP contribution in [0.2, 0.25) is 0 Å². The largest absolute Gasteiger partial charge is 0.448 e. The van der Waals surface area contributed by atoms with Crippen LogP contribution in [0.4, 0.5) is 0 Å². The summed E-state index contributed by atoms with van der Waals surface area (Å²) in [6.45, 7) is 1.96. The number of allylic oxidation sites excluding steroid dienone is 1. The number of carbonyl (C=O) groups excluding carboxylic acids is 2. The third-order valence-corrected chi connectivity index (χ3v) is 11.3. The van der Waals surface area contributed by atoms with Gasteiger partial charge in [0.2, 0.25) is 5.91 Å². The summed E-state index contributed by atoms with van der Waals surface area (Å²) in [4.78, 5) is 33.6. The molecule has 1 fully saturated rings. The van der Waals surface area contributed by atoms with E-state index in [0.29, 0.717) is 5.57 Å². The van der Waals surface area contributed by atoms with Crippen LogP contribution in [0.1, 0.15) is 40.8 Å². The van der Waals surface area contributed by atoms with E-state index in [1.54, 1.807) is 4.90 Å². The molecule has 2 heterocycles. The summed E-state index contributed by atoms with van der Waals surface area (Å²) in [6, 6.07) is 49.9. The molecule has 0 bridgehead atoms. The molecule has 6 nitrogen and oxygen atoms in total. The van der Waals surface area contributed by atoms with Crippen molar-refractivity contribution in [2.75, 3.05) is 14.1 Å². The number of nitrogens with two attached hydrogens (primary N) is 1. The van der Waals surface area contributed by atoms with Gasteiger partial charge in [-0.1, -0.05) is 152 Å². The minimum absolute atomic E-state index is 0.160. The van der Waals surface area contributed by atoms with Gasteiger partial charge < -0.3 is 15.4 Å². The van der Waals surface area contributed by atoms with Crippen molar-refractivity contribution in [2.45, 2.75) is 29.2 Å². The Kier molecular flexibility index (Phi) is 9.67. The molecule has 3 unspecified atom stereocenters. The minimum atomic E-state index is -0.868. The van der Waals surface area contributed by atoms with Gasteiger partial charge in [-0.3, -0.25) is 9.69 Å². The van der Waals surface area contributed by atoms with E-state index in [1.165, 1.54) is 11.8 Å². The first-order chi connectivity index (χ1) is 24.8. The van der Waals surface area contributed by atoms with Gasteiger partial charge in [-0.05, 0) is 40.8 Å². The highest BCUT2D eigenvalue weighted by Crippen LogP contribution is 2.58. The Labute approximate surface area is 304 Å². The molecular formula is C44H41N3O3S. The van der Waals surface area contributed by atoms with Crippen molar-refractivity contribution in [3.05, 3.63) is 203 Å². The Morgan fingerprint density at radius 1 is 0.745 bits per heavy atom. The third-order valence-electron chi connectivity index (χ3n) is 10.00. The lowest BCUT2D eigenvalue weighted by Crippen LogP contribution is -2.69. The monoisotopic (exact) mass is 691 g/mol. The second kappa shape index (κ2) is 14.5. The smallest absolute Gasteiger partial charge is 0.356 e. The molecule has 5 aromatic carbocycles. The fraction of sp³-hybridized carbons (Fsp3) is 0.182. The van der Waals surface area contributed by atoms with E-state index in [9.17, 15) is 4.79 Å². The van der Waals surface area contributed by atoms with Gasteiger partial charge in [-0.15, -0.1) is 11.8 Å². The molecule has 1 saturated heterocycles. The summed E-state index contributed by atoms with van der Waals surface area (Å²) in [5, 5.41) is -1.06. The van der Waals surface area contributed by atoms with E-state index >= 15 is 4.79 Å². The fourth-order valence-corrected chi connectivity index (χ4v) is 8.78. The van der Waals surface area contributed by atoms with Gasteiger partial charge in [0, 0.05) is 25.4 Å². The summed E-state index contributed by atoms with van der Waals surface area (Å²) < 4.78 is 6.46. The second-order valence-corrected chi connectivity index (χ2v) is 14.4. The van der Waals surface area contributed by atoms with Crippen molar-refractivity contribution in [1.29, 1.82) is 0 Å². The van der Waals surface area contributed by atoms with Crippen LogP contribution < -0.4 is 5.73 Å². The van der Waals surface area contributed by atoms with Gasteiger partial charge in [0.1, 0.15) is 5.70 Å². The number of hydrogen-bond acceptors (Lipinski definition) is 6. The lowest BCUT2D eigenvalue weighted by Gasteiger charge is -2.58. The number of rotatable bonds is 10. The maximum atomic E-state index is 15.2. The number of benzene rings is 5. The Balaban J connectivity index is 1.39. The summed E-state index contributed by atoms with van der Waals surface area (Å²) in [6.07, 6.45) is 1.21. The van der Waals surface area contributed by atoms with Crippen molar-refractivity contribution < 1.29 is 14.3 Å². The zero-order chi connectivity index (χ0) is 35.5. The van der Waals surface area contributed by atoms with Gasteiger partial charge in [-0.2, -0.15) is 0 Å². The zero-order valence-corrected chi connectivity index (χ0v) is 29.7. The Morgan fingerprint density at radius 2 is 1.16 bits per heavy atom. The number of thioether (sulfide) groups is 1. The number of ether oxygens (including phenoxy) is 1. The van der Waals surface area contributed by atoms with Crippen LogP contribution in [0, 0.1) is 5.92 Å². The summed E-state index contributed by atoms with van der Waals surface area (Å²) in [7, 11) is 3.88. The average molecular weight is 692 g/mol. The number of β-lactam (4-membered cyclic amide) rings is 1. The fourth-order valence-electron chi connectivity index (χ4n) is 7.35. The molecule has 2 N–H and O–H groups in total. The molecule has 1 amide bonds. The Hall–Kier alpha value is -5.37. The highest BCUT2D eigenvalue weighted by atomic mass is 32.2. The standard InChI is InChI=1S/C44H41N3O3S/c1-30(46(2)3)29-36-38(43(49)50-39(31-19-9-4-10-20-31)32-21-11-5-12-22-32)47-41(48)37(42(47)51-40(36)45)44(33-23-13-6-14-24-33,34-25-15-7-16-26-34)35-27-17-8-18-28-35/h4-29,37,39-40,42H,45H2,1-3H3. The van der Waals surface area contributed by atoms with Crippen LogP contribution in [0.15, 0.2) is 175 Å². The van der Waals surface area contributed by atoms with Gasteiger partial charge in [-0.25, -0.2) is 4.79 Å². The molecule has 0 spiro atoms. The third kappa shape index (κ3) is 6.17. The van der Waals surface area contributed by atoms with Crippen LogP contribution in [0.3, 0.4) is 0 Å². The molecule has 7 rings (SSSR count). The number of hydrogen-bond donors (Lipinski definition) is 1. The number of amides is 1. The quantitative estimate of drug-likeness (QED) is 0.0913. The number of nitrogens with zero attached hydrogens (tertiary/aromatic N) is 2. The van der Waals surface area contributed by atoms with E-state index in [4.69, 9.17) is 10.5 Å². The van der Waals surface area contributed by atoms with E-state index in [-0.39, 0.29) is 11.6 Å². The van der Waals surface area contributed by atoms with Crippen molar-refractivity contribution in [3.63, 3.8) is 0 Å². The number of carbonyl (C=O) groups is 2. The van der Waals surface area contributed by atoms with Crippen molar-refractivity contribution in [2.24, 2.45) is 11.7 Å². The van der Waals surface area contributed by atoms with E-state index in [0.717, 1.165) is 33.5 Å². The van der Waals surface area contributed by atoms with Gasteiger partial charge in [0.25, 0.3) is 0 Å². The topological polar surface area (TPSA) is 75.9 Å². The summed E-state index contributed by atoms with van der Waals surface area (Å²) in [5.41, 5.74) is 12.5. The van der Waals surface area contributed by atoms with Gasteiger partial charge in [0.15, 0.2) is 6.10 Å². The number of esters is 1. The predicted molar refractivity (Wildman–Crippen MR) is 204 cm³/mol. The zero-order valence-electron chi connectivity index (χ0n) is 28.9. The molecule has 0 aromatic heterocycles. The maximum Gasteiger partial charge on any atom is 0.356 e. The SMILES string of the molecule is CC(=CC1=C(C(=O)OC(c2ccccc2)c2ccccc2)N2C(=O)C(C(c3ccccc3)(c3ccccc3)c3ccccc3)C2SC1N)N(C)C. The van der Waals surface area contributed by atoms with Crippen LogP contribution in [0.5, 0.6) is 0 Å². The molecule has 2 aliphatic heterocycles. The lowest BCUT2D eigenvalue weighted by atomic mass is 9.58. The van der Waals surface area contributed by atoms with Crippen molar-refractivity contribution in [3.8, 4) is 0 Å². The van der Waals surface area contributed by atoms with Crippen LogP contribution >= 0.6 is 11.8 Å². The number of fused-ring (bicyclic) bond motifs is 1. The lowest BCUT2D eigenvalue weighted by molar-refractivity contribution is -0.158. The first kappa shape index (κ1) is 34.1. The van der Waals surface area contributed by atoms with Gasteiger partial charge >= 0.3 is 5.97 Å². The minimum Gasteiger partial charge on any atom is -0.448 e. The molecule has 0 saturated carbocycles. The van der Waals surface area contributed by atoms with Crippen LogP contribution in [-0.4, -0.2) is 46.5 Å². The summed E-state index contributed by atoms with van der Waals surface area (Å²) >= 11 is 1.51. The predicted octanol–water partition coefficient (Wildman–Crippen LogP) is 7.89. The van der Waals surface area contributed by atoms with E-state index in [1.807, 2.05) is 147 Å². The Bertz CT molecular complexity index is 1920. The average Bonchev–Trinajstić information content (AvgIpc) is 3.18.